The summed E-state index contributed by atoms with van der Waals surface area (Å²) >= 11 is 6.03. The first-order chi connectivity index (χ1) is 9.34. The molecule has 1 aliphatic rings. The number of rotatable bonds is 3. The smallest absolute Gasteiger partial charge is 0.246 e. The summed E-state index contributed by atoms with van der Waals surface area (Å²) in [5.41, 5.74) is 6.01. The third kappa shape index (κ3) is 2.95. The maximum absolute atomic E-state index is 12.7. The van der Waals surface area contributed by atoms with Crippen LogP contribution in [0.4, 0.5) is 5.69 Å². The fourth-order valence-corrected chi connectivity index (χ4v) is 4.81. The molecule has 0 saturated carbocycles. The van der Waals surface area contributed by atoms with E-state index in [2.05, 4.69) is 13.8 Å². The molecule has 1 aromatic rings. The minimum atomic E-state index is -3.60. The molecule has 0 spiro atoms. The monoisotopic (exact) mass is 316 g/mol. The van der Waals surface area contributed by atoms with Gasteiger partial charge >= 0.3 is 0 Å². The van der Waals surface area contributed by atoms with Crippen molar-refractivity contribution in [2.45, 2.75) is 31.6 Å². The first kappa shape index (κ1) is 15.6. The maximum atomic E-state index is 12.7. The lowest BCUT2D eigenvalue weighted by Crippen LogP contribution is -2.39. The molecule has 1 aromatic carbocycles. The summed E-state index contributed by atoms with van der Waals surface area (Å²) in [4.78, 5) is 0.0460. The summed E-state index contributed by atoms with van der Waals surface area (Å²) in [5.74, 6) is 1.18. The van der Waals surface area contributed by atoms with Crippen molar-refractivity contribution >= 4 is 27.3 Å². The highest BCUT2D eigenvalue weighted by molar-refractivity contribution is 7.89. The van der Waals surface area contributed by atoms with Crippen LogP contribution in [-0.2, 0) is 10.0 Å². The number of nitrogen functional groups attached to an aromatic ring is 1. The number of anilines is 1. The van der Waals surface area contributed by atoms with Crippen LogP contribution in [0, 0.1) is 11.8 Å². The van der Waals surface area contributed by atoms with Crippen LogP contribution < -0.4 is 5.73 Å². The van der Waals surface area contributed by atoms with Crippen LogP contribution in [0.2, 0.25) is 5.02 Å². The average molecular weight is 317 g/mol. The van der Waals surface area contributed by atoms with Crippen molar-refractivity contribution < 1.29 is 8.42 Å². The number of piperidine rings is 1. The van der Waals surface area contributed by atoms with Crippen LogP contribution >= 0.6 is 11.6 Å². The number of benzene rings is 1. The van der Waals surface area contributed by atoms with E-state index in [1.165, 1.54) is 4.31 Å². The summed E-state index contributed by atoms with van der Waals surface area (Å²) in [6.07, 6.45) is 1.78. The van der Waals surface area contributed by atoms with Crippen LogP contribution in [0.3, 0.4) is 0 Å². The van der Waals surface area contributed by atoms with Gasteiger partial charge in [-0.05, 0) is 36.8 Å². The Kier molecular flexibility index (Phi) is 4.62. The van der Waals surface area contributed by atoms with E-state index in [-0.39, 0.29) is 15.6 Å². The van der Waals surface area contributed by atoms with Gasteiger partial charge in [-0.3, -0.25) is 0 Å². The Labute approximate surface area is 126 Å². The van der Waals surface area contributed by atoms with E-state index in [9.17, 15) is 8.42 Å². The zero-order valence-corrected chi connectivity index (χ0v) is 13.4. The van der Waals surface area contributed by atoms with Gasteiger partial charge in [-0.2, -0.15) is 4.31 Å². The van der Waals surface area contributed by atoms with Gasteiger partial charge in [0, 0.05) is 13.1 Å². The minimum absolute atomic E-state index is 0.0460. The van der Waals surface area contributed by atoms with E-state index in [0.717, 1.165) is 12.8 Å². The first-order valence-electron chi connectivity index (χ1n) is 6.88. The van der Waals surface area contributed by atoms with E-state index in [1.54, 1.807) is 18.2 Å². The molecule has 0 bridgehead atoms. The van der Waals surface area contributed by atoms with Gasteiger partial charge in [0.05, 0.1) is 10.7 Å². The molecule has 0 radical (unpaired) electrons. The second-order valence-corrected chi connectivity index (χ2v) is 7.93. The summed E-state index contributed by atoms with van der Waals surface area (Å²) < 4.78 is 26.8. The van der Waals surface area contributed by atoms with Gasteiger partial charge in [0.1, 0.15) is 4.90 Å². The Morgan fingerprint density at radius 3 is 2.40 bits per heavy atom. The number of nitrogens with zero attached hydrogens (tertiary/aromatic N) is 1. The highest BCUT2D eigenvalue weighted by Gasteiger charge is 2.32. The van der Waals surface area contributed by atoms with Gasteiger partial charge in [-0.15, -0.1) is 0 Å². The molecule has 1 heterocycles. The Morgan fingerprint density at radius 1 is 1.30 bits per heavy atom. The van der Waals surface area contributed by atoms with E-state index < -0.39 is 10.0 Å². The highest BCUT2D eigenvalue weighted by atomic mass is 35.5. The molecule has 0 amide bonds. The predicted octanol–water partition coefficient (Wildman–Crippen LogP) is 2.98. The molecule has 6 heteroatoms. The molecule has 112 valence electrons. The Hall–Kier alpha value is -0.780. The summed E-state index contributed by atoms with van der Waals surface area (Å²) in [5, 5.41) is 0.191. The van der Waals surface area contributed by atoms with E-state index >= 15 is 0 Å². The van der Waals surface area contributed by atoms with Gasteiger partial charge in [0.2, 0.25) is 10.0 Å². The Morgan fingerprint density at radius 2 is 1.90 bits per heavy atom. The number of sulfonamides is 1. The number of halogens is 1. The zero-order chi connectivity index (χ0) is 14.9. The normalized spacial score (nSPS) is 18.6. The van der Waals surface area contributed by atoms with Crippen molar-refractivity contribution in [3.8, 4) is 0 Å². The SMILES string of the molecule is CC(C)C1CCN(S(=O)(=O)c2c(N)cccc2Cl)CC1. The molecule has 1 aliphatic heterocycles. The standard InChI is InChI=1S/C14H21ClN2O2S/c1-10(2)11-6-8-17(9-7-11)20(18,19)14-12(15)4-3-5-13(14)16/h3-5,10-11H,6-9,16H2,1-2H3. The van der Waals surface area contributed by atoms with Crippen molar-refractivity contribution in [3.05, 3.63) is 23.2 Å². The molecule has 2 rings (SSSR count). The molecular formula is C14H21ClN2O2S. The van der Waals surface area contributed by atoms with Crippen molar-refractivity contribution in [2.75, 3.05) is 18.8 Å². The van der Waals surface area contributed by atoms with Crippen molar-refractivity contribution in [1.29, 1.82) is 0 Å². The second-order valence-electron chi connectivity index (χ2n) is 5.64. The molecule has 1 fully saturated rings. The second kappa shape index (κ2) is 5.92. The first-order valence-corrected chi connectivity index (χ1v) is 8.70. The lowest BCUT2D eigenvalue weighted by molar-refractivity contribution is 0.226. The van der Waals surface area contributed by atoms with Crippen LogP contribution in [0.15, 0.2) is 23.1 Å². The Bertz CT molecular complexity index is 559. The molecular weight excluding hydrogens is 296 g/mol. The summed E-state index contributed by atoms with van der Waals surface area (Å²) in [7, 11) is -3.60. The maximum Gasteiger partial charge on any atom is 0.246 e. The molecule has 0 atom stereocenters. The Balaban J connectivity index is 2.25. The highest BCUT2D eigenvalue weighted by Crippen LogP contribution is 2.33. The quantitative estimate of drug-likeness (QED) is 0.872. The topological polar surface area (TPSA) is 63.4 Å². The fraction of sp³-hybridized carbons (Fsp3) is 0.571. The largest absolute Gasteiger partial charge is 0.398 e. The average Bonchev–Trinajstić information content (AvgIpc) is 2.38. The molecule has 2 N–H and O–H groups in total. The molecule has 20 heavy (non-hydrogen) atoms. The zero-order valence-electron chi connectivity index (χ0n) is 11.8. The molecule has 0 aromatic heterocycles. The third-order valence-corrected chi connectivity index (χ3v) is 6.48. The van der Waals surface area contributed by atoms with Gasteiger partial charge in [0.15, 0.2) is 0 Å². The molecule has 4 nitrogen and oxygen atoms in total. The van der Waals surface area contributed by atoms with Gasteiger partial charge < -0.3 is 5.73 Å². The van der Waals surface area contributed by atoms with Gasteiger partial charge in [-0.25, -0.2) is 8.42 Å². The van der Waals surface area contributed by atoms with E-state index in [4.69, 9.17) is 17.3 Å². The number of nitrogens with two attached hydrogens (primary N) is 1. The number of hydrogen-bond acceptors (Lipinski definition) is 3. The van der Waals surface area contributed by atoms with Crippen molar-refractivity contribution in [3.63, 3.8) is 0 Å². The van der Waals surface area contributed by atoms with Crippen LogP contribution in [0.1, 0.15) is 26.7 Å². The molecule has 0 unspecified atom stereocenters. The fourth-order valence-electron chi connectivity index (χ4n) is 2.71. The van der Waals surface area contributed by atoms with Crippen LogP contribution in [0.5, 0.6) is 0 Å². The number of hydrogen-bond donors (Lipinski definition) is 1. The van der Waals surface area contributed by atoms with Gasteiger partial charge in [0.25, 0.3) is 0 Å². The third-order valence-electron chi connectivity index (χ3n) is 4.04. The minimum Gasteiger partial charge on any atom is -0.398 e. The lowest BCUT2D eigenvalue weighted by atomic mass is 9.87. The summed E-state index contributed by atoms with van der Waals surface area (Å²) in [6, 6.07) is 4.78. The lowest BCUT2D eigenvalue weighted by Gasteiger charge is -2.33. The van der Waals surface area contributed by atoms with Crippen LogP contribution in [-0.4, -0.2) is 25.8 Å². The van der Waals surface area contributed by atoms with Crippen LogP contribution in [0.25, 0.3) is 0 Å². The van der Waals surface area contributed by atoms with E-state index in [1.807, 2.05) is 0 Å². The molecule has 0 aliphatic carbocycles. The van der Waals surface area contributed by atoms with Gasteiger partial charge in [-0.1, -0.05) is 31.5 Å². The van der Waals surface area contributed by atoms with E-state index in [0.29, 0.717) is 24.9 Å². The predicted molar refractivity (Wildman–Crippen MR) is 82.2 cm³/mol. The van der Waals surface area contributed by atoms with Crippen molar-refractivity contribution in [2.24, 2.45) is 11.8 Å². The summed E-state index contributed by atoms with van der Waals surface area (Å²) in [6.45, 7) is 5.44. The van der Waals surface area contributed by atoms with Crippen molar-refractivity contribution in [1.82, 2.24) is 4.31 Å². The molecule has 1 saturated heterocycles.